The summed E-state index contributed by atoms with van der Waals surface area (Å²) in [4.78, 5) is 4.31. The fourth-order valence-electron chi connectivity index (χ4n) is 2.99. The van der Waals surface area contributed by atoms with Gasteiger partial charge < -0.3 is 0 Å². The number of nitrogens with one attached hydrogen (secondary N) is 1. The molecule has 0 saturated heterocycles. The second-order valence-corrected chi connectivity index (χ2v) is 10.1. The van der Waals surface area contributed by atoms with Gasteiger partial charge in [-0.25, -0.2) is 8.42 Å². The number of pyridine rings is 1. The maximum absolute atomic E-state index is 12.6. The van der Waals surface area contributed by atoms with Gasteiger partial charge in [0, 0.05) is 17.4 Å². The fourth-order valence-corrected chi connectivity index (χ4v) is 5.52. The number of aromatic nitrogens is 5. The van der Waals surface area contributed by atoms with E-state index in [-0.39, 0.29) is 4.21 Å². The smallest absolute Gasteiger partial charge is 0.271 e. The number of nitrogens with zero attached hydrogens (tertiary/aromatic N) is 5. The van der Waals surface area contributed by atoms with Crippen LogP contribution < -0.4 is 4.72 Å². The Labute approximate surface area is 186 Å². The van der Waals surface area contributed by atoms with Gasteiger partial charge in [-0.1, -0.05) is 29.8 Å². The number of hydrogen-bond donors (Lipinski definition) is 1. The van der Waals surface area contributed by atoms with Crippen LogP contribution >= 0.6 is 22.9 Å². The van der Waals surface area contributed by atoms with Crippen LogP contribution in [0.2, 0.25) is 4.34 Å². The second-order valence-electron chi connectivity index (χ2n) is 6.47. The second kappa shape index (κ2) is 7.73. The van der Waals surface area contributed by atoms with E-state index in [1.54, 1.807) is 47.1 Å². The summed E-state index contributed by atoms with van der Waals surface area (Å²) < 4.78 is 30.0. The van der Waals surface area contributed by atoms with Crippen molar-refractivity contribution >= 4 is 44.3 Å². The first kappa shape index (κ1) is 19.6. The van der Waals surface area contributed by atoms with Gasteiger partial charge in [-0.15, -0.1) is 21.5 Å². The van der Waals surface area contributed by atoms with Gasteiger partial charge in [-0.2, -0.15) is 9.61 Å². The third-order valence-corrected chi connectivity index (χ3v) is 7.49. The van der Waals surface area contributed by atoms with Crippen LogP contribution in [0.3, 0.4) is 0 Å². The Morgan fingerprint density at radius 2 is 1.84 bits per heavy atom. The minimum absolute atomic E-state index is 0.145. The number of rotatable bonds is 5. The SMILES string of the molecule is O=S(=O)(Nc1cccc(-c2ccc3nnc(-c4ccccn4)n3n2)c1)c1ccc(Cl)s1. The highest BCUT2D eigenvalue weighted by Crippen LogP contribution is 2.28. The molecule has 1 N–H and O–H groups in total. The predicted octanol–water partition coefficient (Wildman–Crippen LogP) is 4.37. The van der Waals surface area contributed by atoms with Gasteiger partial charge in [0.25, 0.3) is 10.0 Å². The number of hydrogen-bond acceptors (Lipinski definition) is 7. The summed E-state index contributed by atoms with van der Waals surface area (Å²) >= 11 is 6.87. The van der Waals surface area contributed by atoms with E-state index in [1.165, 1.54) is 6.07 Å². The van der Waals surface area contributed by atoms with Crippen LogP contribution in [0, 0.1) is 0 Å². The number of anilines is 1. The molecule has 0 aliphatic carbocycles. The number of halogens is 1. The Hall–Kier alpha value is -3.34. The molecule has 0 aliphatic rings. The molecule has 0 fully saturated rings. The molecule has 0 saturated carbocycles. The average molecular weight is 469 g/mol. The van der Waals surface area contributed by atoms with Crippen LogP contribution in [-0.2, 0) is 10.0 Å². The first-order chi connectivity index (χ1) is 15.0. The summed E-state index contributed by atoms with van der Waals surface area (Å²) in [6, 6.07) is 19.1. The minimum atomic E-state index is -3.73. The van der Waals surface area contributed by atoms with E-state index in [9.17, 15) is 8.42 Å². The first-order valence-corrected chi connectivity index (χ1v) is 11.7. The first-order valence-electron chi connectivity index (χ1n) is 9.02. The lowest BCUT2D eigenvalue weighted by molar-refractivity contribution is 0.603. The maximum Gasteiger partial charge on any atom is 0.271 e. The van der Waals surface area contributed by atoms with Crippen LogP contribution in [0.1, 0.15) is 0 Å². The van der Waals surface area contributed by atoms with Crippen molar-refractivity contribution in [1.82, 2.24) is 24.8 Å². The lowest BCUT2D eigenvalue weighted by Gasteiger charge is -2.08. The molecule has 4 aromatic heterocycles. The van der Waals surface area contributed by atoms with Gasteiger partial charge in [0.15, 0.2) is 5.65 Å². The molecule has 0 spiro atoms. The molecule has 11 heteroatoms. The summed E-state index contributed by atoms with van der Waals surface area (Å²) in [5.41, 5.74) is 3.00. The van der Waals surface area contributed by atoms with Crippen molar-refractivity contribution in [2.24, 2.45) is 0 Å². The van der Waals surface area contributed by atoms with Crippen LogP contribution in [0.15, 0.2) is 77.1 Å². The van der Waals surface area contributed by atoms with E-state index in [0.717, 1.165) is 16.9 Å². The van der Waals surface area contributed by atoms with Crippen molar-refractivity contribution in [2.45, 2.75) is 4.21 Å². The van der Waals surface area contributed by atoms with E-state index < -0.39 is 10.0 Å². The van der Waals surface area contributed by atoms with Crippen molar-refractivity contribution in [3.05, 3.63) is 77.3 Å². The van der Waals surface area contributed by atoms with Crippen LogP contribution in [0.25, 0.3) is 28.4 Å². The standard InChI is InChI=1S/C20H13ClN6O2S2/c21-17-8-10-19(30-17)31(28,29)26-14-5-3-4-13(12-14)15-7-9-18-23-24-20(27(18)25-15)16-6-1-2-11-22-16/h1-12,26H. The molecule has 4 heterocycles. The van der Waals surface area contributed by atoms with Crippen molar-refractivity contribution in [1.29, 1.82) is 0 Å². The van der Waals surface area contributed by atoms with Gasteiger partial charge in [-0.05, 0) is 48.5 Å². The molecular formula is C20H13ClN6O2S2. The van der Waals surface area contributed by atoms with Gasteiger partial charge in [0.2, 0.25) is 5.82 Å². The Bertz CT molecular complexity index is 1500. The highest BCUT2D eigenvalue weighted by molar-refractivity contribution is 7.94. The molecule has 154 valence electrons. The van der Waals surface area contributed by atoms with E-state index in [2.05, 4.69) is 25.0 Å². The fraction of sp³-hybridized carbons (Fsp3) is 0. The lowest BCUT2D eigenvalue weighted by Crippen LogP contribution is -2.11. The van der Waals surface area contributed by atoms with Crippen LogP contribution in [-0.4, -0.2) is 33.2 Å². The average Bonchev–Trinajstić information content (AvgIpc) is 3.40. The molecular weight excluding hydrogens is 456 g/mol. The third-order valence-electron chi connectivity index (χ3n) is 4.38. The minimum Gasteiger partial charge on any atom is -0.279 e. The zero-order valence-electron chi connectivity index (χ0n) is 15.7. The molecule has 0 radical (unpaired) electrons. The summed E-state index contributed by atoms with van der Waals surface area (Å²) in [7, 11) is -3.73. The normalized spacial score (nSPS) is 11.6. The number of benzene rings is 1. The molecule has 0 amide bonds. The summed E-state index contributed by atoms with van der Waals surface area (Å²) in [5.74, 6) is 0.517. The van der Waals surface area contributed by atoms with Crippen molar-refractivity contribution < 1.29 is 8.42 Å². The van der Waals surface area contributed by atoms with Gasteiger partial charge in [0.1, 0.15) is 9.90 Å². The van der Waals surface area contributed by atoms with Crippen molar-refractivity contribution in [3.8, 4) is 22.8 Å². The predicted molar refractivity (Wildman–Crippen MR) is 120 cm³/mol. The van der Waals surface area contributed by atoms with E-state index >= 15 is 0 Å². The molecule has 0 bridgehead atoms. The molecule has 5 rings (SSSR count). The molecule has 8 nitrogen and oxygen atoms in total. The molecule has 0 unspecified atom stereocenters. The molecule has 0 aliphatic heterocycles. The Morgan fingerprint density at radius 3 is 2.61 bits per heavy atom. The summed E-state index contributed by atoms with van der Waals surface area (Å²) in [6.07, 6.45) is 1.68. The lowest BCUT2D eigenvalue weighted by atomic mass is 10.1. The third kappa shape index (κ3) is 3.88. The quantitative estimate of drug-likeness (QED) is 0.411. The van der Waals surface area contributed by atoms with E-state index in [0.29, 0.717) is 32.9 Å². The largest absolute Gasteiger partial charge is 0.279 e. The zero-order valence-corrected chi connectivity index (χ0v) is 18.1. The maximum atomic E-state index is 12.6. The highest BCUT2D eigenvalue weighted by Gasteiger charge is 2.17. The molecule has 5 aromatic rings. The monoisotopic (exact) mass is 468 g/mol. The van der Waals surface area contributed by atoms with Crippen LogP contribution in [0.4, 0.5) is 5.69 Å². The number of fused-ring (bicyclic) bond motifs is 1. The van der Waals surface area contributed by atoms with Gasteiger partial charge >= 0.3 is 0 Å². The summed E-state index contributed by atoms with van der Waals surface area (Å²) in [5, 5.41) is 13.0. The number of thiophene rings is 1. The zero-order chi connectivity index (χ0) is 21.4. The van der Waals surface area contributed by atoms with Crippen molar-refractivity contribution in [2.75, 3.05) is 4.72 Å². The molecule has 0 atom stereocenters. The topological polar surface area (TPSA) is 102 Å². The van der Waals surface area contributed by atoms with E-state index in [1.807, 2.05) is 24.3 Å². The van der Waals surface area contributed by atoms with E-state index in [4.69, 9.17) is 11.6 Å². The summed E-state index contributed by atoms with van der Waals surface area (Å²) in [6.45, 7) is 0. The van der Waals surface area contributed by atoms with Gasteiger partial charge in [0.05, 0.1) is 10.0 Å². The Balaban J connectivity index is 1.51. The Kier molecular flexibility index (Phi) is 4.89. The highest BCUT2D eigenvalue weighted by atomic mass is 35.5. The van der Waals surface area contributed by atoms with Crippen molar-refractivity contribution in [3.63, 3.8) is 0 Å². The molecule has 1 aromatic carbocycles. The van der Waals surface area contributed by atoms with Gasteiger partial charge in [-0.3, -0.25) is 9.71 Å². The Morgan fingerprint density at radius 1 is 0.935 bits per heavy atom. The number of sulfonamides is 1. The van der Waals surface area contributed by atoms with Crippen LogP contribution in [0.5, 0.6) is 0 Å². The molecule has 31 heavy (non-hydrogen) atoms.